The SMILES string of the molecule is O=C1c2ccccc2OC=CN1CCCCN1CCN(c2ccccc2)CC1. The lowest BCUT2D eigenvalue weighted by Gasteiger charge is -2.36. The van der Waals surface area contributed by atoms with Crippen molar-refractivity contribution in [1.82, 2.24) is 9.80 Å². The zero-order valence-corrected chi connectivity index (χ0v) is 16.2. The summed E-state index contributed by atoms with van der Waals surface area (Å²) in [5, 5.41) is 0. The maximum atomic E-state index is 12.7. The van der Waals surface area contributed by atoms with Crippen LogP contribution in [0.2, 0.25) is 0 Å². The Labute approximate surface area is 166 Å². The number of benzene rings is 2. The third kappa shape index (κ3) is 4.37. The van der Waals surface area contributed by atoms with E-state index in [2.05, 4.69) is 40.1 Å². The van der Waals surface area contributed by atoms with E-state index < -0.39 is 0 Å². The van der Waals surface area contributed by atoms with Gasteiger partial charge in [-0.15, -0.1) is 0 Å². The van der Waals surface area contributed by atoms with E-state index in [4.69, 9.17) is 4.74 Å². The molecule has 0 saturated carbocycles. The van der Waals surface area contributed by atoms with Crippen LogP contribution in [0.25, 0.3) is 0 Å². The van der Waals surface area contributed by atoms with Crippen LogP contribution in [-0.2, 0) is 0 Å². The van der Waals surface area contributed by atoms with Gasteiger partial charge >= 0.3 is 0 Å². The summed E-state index contributed by atoms with van der Waals surface area (Å²) in [5.41, 5.74) is 1.95. The normalized spacial score (nSPS) is 17.2. The van der Waals surface area contributed by atoms with Crippen LogP contribution in [0.15, 0.2) is 67.1 Å². The number of hydrogen-bond acceptors (Lipinski definition) is 4. The molecule has 0 bridgehead atoms. The highest BCUT2D eigenvalue weighted by Crippen LogP contribution is 2.23. The van der Waals surface area contributed by atoms with Crippen molar-refractivity contribution in [2.24, 2.45) is 0 Å². The van der Waals surface area contributed by atoms with Crippen LogP contribution in [0.1, 0.15) is 23.2 Å². The first kappa shape index (κ1) is 18.6. The number of piperazine rings is 1. The largest absolute Gasteiger partial charge is 0.463 e. The van der Waals surface area contributed by atoms with Gasteiger partial charge in [0.15, 0.2) is 0 Å². The van der Waals surface area contributed by atoms with Gasteiger partial charge in [0.2, 0.25) is 0 Å². The van der Waals surface area contributed by atoms with Crippen molar-refractivity contribution in [3.8, 4) is 5.75 Å². The first-order chi connectivity index (χ1) is 13.8. The number of nitrogens with zero attached hydrogens (tertiary/aromatic N) is 3. The van der Waals surface area contributed by atoms with Crippen molar-refractivity contribution >= 4 is 11.6 Å². The Hall–Kier alpha value is -2.79. The molecule has 0 aliphatic carbocycles. The van der Waals surface area contributed by atoms with Crippen LogP contribution < -0.4 is 9.64 Å². The number of hydrogen-bond donors (Lipinski definition) is 0. The molecule has 0 radical (unpaired) electrons. The van der Waals surface area contributed by atoms with E-state index in [1.54, 1.807) is 17.4 Å². The molecule has 0 atom stereocenters. The molecule has 1 amide bonds. The average Bonchev–Trinajstić information content (AvgIpc) is 2.91. The fourth-order valence-corrected chi connectivity index (χ4v) is 3.81. The van der Waals surface area contributed by atoms with Crippen LogP contribution in [0.3, 0.4) is 0 Å². The highest BCUT2D eigenvalue weighted by atomic mass is 16.5. The standard InChI is InChI=1S/C23H27N3O2/c27-23-21-10-4-5-11-22(21)28-19-18-26(23)13-7-6-12-24-14-16-25(17-15-24)20-8-2-1-3-9-20/h1-5,8-11,18-19H,6-7,12-17H2. The predicted octanol–water partition coefficient (Wildman–Crippen LogP) is 3.59. The molecule has 4 rings (SSSR count). The van der Waals surface area contributed by atoms with Crippen molar-refractivity contribution in [3.05, 3.63) is 72.6 Å². The van der Waals surface area contributed by atoms with E-state index in [0.29, 0.717) is 11.3 Å². The van der Waals surface area contributed by atoms with Crippen LogP contribution in [0.5, 0.6) is 5.75 Å². The lowest BCUT2D eigenvalue weighted by molar-refractivity contribution is 0.0820. The number of rotatable bonds is 6. The zero-order valence-electron chi connectivity index (χ0n) is 16.2. The molecule has 1 saturated heterocycles. The maximum absolute atomic E-state index is 12.7. The maximum Gasteiger partial charge on any atom is 0.261 e. The fourth-order valence-electron chi connectivity index (χ4n) is 3.81. The average molecular weight is 377 g/mol. The smallest absolute Gasteiger partial charge is 0.261 e. The quantitative estimate of drug-likeness (QED) is 0.721. The van der Waals surface area contributed by atoms with E-state index >= 15 is 0 Å². The third-order valence-corrected chi connectivity index (χ3v) is 5.43. The summed E-state index contributed by atoms with van der Waals surface area (Å²) in [7, 11) is 0. The van der Waals surface area contributed by atoms with Crippen molar-refractivity contribution in [2.75, 3.05) is 44.2 Å². The molecule has 5 heteroatoms. The molecule has 2 aliphatic rings. The number of anilines is 1. The molecule has 146 valence electrons. The summed E-state index contributed by atoms with van der Waals surface area (Å²) < 4.78 is 5.54. The van der Waals surface area contributed by atoms with Gasteiger partial charge < -0.3 is 14.5 Å². The number of carbonyl (C=O) groups excluding carboxylic acids is 1. The van der Waals surface area contributed by atoms with Gasteiger partial charge in [0, 0.05) is 44.6 Å². The molecule has 28 heavy (non-hydrogen) atoms. The van der Waals surface area contributed by atoms with E-state index in [-0.39, 0.29) is 5.91 Å². The number of fused-ring (bicyclic) bond motifs is 1. The second-order valence-corrected chi connectivity index (χ2v) is 7.27. The predicted molar refractivity (Wildman–Crippen MR) is 112 cm³/mol. The van der Waals surface area contributed by atoms with Gasteiger partial charge in [0.1, 0.15) is 12.0 Å². The number of ether oxygens (including phenoxy) is 1. The first-order valence-corrected chi connectivity index (χ1v) is 10.1. The number of unbranched alkanes of at least 4 members (excludes halogenated alkanes) is 1. The number of carbonyl (C=O) groups is 1. The summed E-state index contributed by atoms with van der Waals surface area (Å²) >= 11 is 0. The van der Waals surface area contributed by atoms with Crippen LogP contribution >= 0.6 is 0 Å². The van der Waals surface area contributed by atoms with Crippen molar-refractivity contribution < 1.29 is 9.53 Å². The Bertz CT molecular complexity index is 814. The van der Waals surface area contributed by atoms with E-state index in [9.17, 15) is 4.79 Å². The fraction of sp³-hybridized carbons (Fsp3) is 0.348. The van der Waals surface area contributed by atoms with Gasteiger partial charge in [0.05, 0.1) is 5.56 Å². The summed E-state index contributed by atoms with van der Waals surface area (Å²) in [6.07, 6.45) is 5.43. The molecule has 2 heterocycles. The lowest BCUT2D eigenvalue weighted by Crippen LogP contribution is -2.46. The van der Waals surface area contributed by atoms with E-state index in [1.807, 2.05) is 24.3 Å². The van der Waals surface area contributed by atoms with Crippen molar-refractivity contribution in [3.63, 3.8) is 0 Å². The molecule has 0 N–H and O–H groups in total. The number of para-hydroxylation sites is 2. The Morgan fingerprint density at radius 3 is 2.36 bits per heavy atom. The minimum atomic E-state index is 0.0147. The molecule has 2 aromatic rings. The Morgan fingerprint density at radius 1 is 0.821 bits per heavy atom. The van der Waals surface area contributed by atoms with Crippen LogP contribution in [0.4, 0.5) is 5.69 Å². The second kappa shape index (κ2) is 8.93. The summed E-state index contributed by atoms with van der Waals surface area (Å²) in [5.74, 6) is 0.642. The minimum absolute atomic E-state index is 0.0147. The monoisotopic (exact) mass is 377 g/mol. The third-order valence-electron chi connectivity index (χ3n) is 5.43. The first-order valence-electron chi connectivity index (χ1n) is 10.1. The van der Waals surface area contributed by atoms with Gasteiger partial charge in [-0.1, -0.05) is 30.3 Å². The summed E-state index contributed by atoms with van der Waals surface area (Å²) in [4.78, 5) is 19.4. The van der Waals surface area contributed by atoms with E-state index in [1.165, 1.54) is 5.69 Å². The Kier molecular flexibility index (Phi) is 5.92. The topological polar surface area (TPSA) is 36.0 Å². The minimum Gasteiger partial charge on any atom is -0.463 e. The highest BCUT2D eigenvalue weighted by Gasteiger charge is 2.20. The molecule has 5 nitrogen and oxygen atoms in total. The molecular weight excluding hydrogens is 350 g/mol. The molecular formula is C23H27N3O2. The molecule has 2 aromatic carbocycles. The lowest BCUT2D eigenvalue weighted by atomic mass is 10.1. The van der Waals surface area contributed by atoms with Gasteiger partial charge in [-0.2, -0.15) is 0 Å². The molecule has 0 spiro atoms. The van der Waals surface area contributed by atoms with Gasteiger partial charge in [-0.25, -0.2) is 0 Å². The number of amides is 1. The molecule has 2 aliphatic heterocycles. The van der Waals surface area contributed by atoms with Crippen molar-refractivity contribution in [2.45, 2.75) is 12.8 Å². The van der Waals surface area contributed by atoms with Gasteiger partial charge in [0.25, 0.3) is 5.91 Å². The van der Waals surface area contributed by atoms with Gasteiger partial charge in [-0.3, -0.25) is 9.69 Å². The summed E-state index contributed by atoms with van der Waals surface area (Å²) in [6, 6.07) is 18.0. The van der Waals surface area contributed by atoms with Gasteiger partial charge in [-0.05, 0) is 43.7 Å². The molecule has 1 fully saturated rings. The molecule has 0 unspecified atom stereocenters. The zero-order chi connectivity index (χ0) is 19.2. The Morgan fingerprint density at radius 2 is 1.54 bits per heavy atom. The van der Waals surface area contributed by atoms with Crippen LogP contribution in [-0.4, -0.2) is 55.0 Å². The Balaban J connectivity index is 1.20. The van der Waals surface area contributed by atoms with Crippen molar-refractivity contribution in [1.29, 1.82) is 0 Å². The molecule has 0 aromatic heterocycles. The summed E-state index contributed by atoms with van der Waals surface area (Å²) in [6.45, 7) is 6.15. The van der Waals surface area contributed by atoms with E-state index in [0.717, 1.165) is 52.1 Å². The second-order valence-electron chi connectivity index (χ2n) is 7.27. The highest BCUT2D eigenvalue weighted by molar-refractivity contribution is 5.97. The van der Waals surface area contributed by atoms with Crippen LogP contribution in [0, 0.1) is 0 Å².